The number of piperidine rings is 1. The third-order valence-corrected chi connectivity index (χ3v) is 4.31. The van der Waals surface area contributed by atoms with Crippen molar-refractivity contribution >= 4 is 17.5 Å². The van der Waals surface area contributed by atoms with Gasteiger partial charge in [0.15, 0.2) is 0 Å². The Morgan fingerprint density at radius 3 is 2.75 bits per heavy atom. The number of nitrogens with zero attached hydrogens (tertiary/aromatic N) is 1. The van der Waals surface area contributed by atoms with Crippen molar-refractivity contribution in [2.75, 3.05) is 19.7 Å². The van der Waals surface area contributed by atoms with E-state index in [9.17, 15) is 4.79 Å². The average Bonchev–Trinajstić information content (AvgIpc) is 2.68. The first kappa shape index (κ1) is 12.2. The second-order valence-electron chi connectivity index (χ2n) is 5.14. The standard InChI is InChI=1S/C12H20ClNO2/c1-8-6-14(4-3-11(8)13)12(15)10-5-9(2)16-7-10/h8-11H,3-7H2,1-2H3. The lowest BCUT2D eigenvalue weighted by molar-refractivity contribution is -0.137. The van der Waals surface area contributed by atoms with Gasteiger partial charge in [0.05, 0.1) is 18.6 Å². The molecule has 0 radical (unpaired) electrons. The molecule has 0 aromatic carbocycles. The SMILES string of the molecule is CC1CC(C(=O)N2CCC(Cl)C(C)C2)CO1. The van der Waals surface area contributed by atoms with Crippen LogP contribution in [0.4, 0.5) is 0 Å². The zero-order chi connectivity index (χ0) is 11.7. The van der Waals surface area contributed by atoms with Gasteiger partial charge in [0.1, 0.15) is 0 Å². The Hall–Kier alpha value is -0.280. The van der Waals surface area contributed by atoms with Crippen molar-refractivity contribution in [3.63, 3.8) is 0 Å². The van der Waals surface area contributed by atoms with Crippen LogP contribution in [0.1, 0.15) is 26.7 Å². The monoisotopic (exact) mass is 245 g/mol. The molecule has 92 valence electrons. The number of ether oxygens (including phenoxy) is 1. The summed E-state index contributed by atoms with van der Waals surface area (Å²) in [6, 6.07) is 0. The first-order valence-electron chi connectivity index (χ1n) is 6.12. The lowest BCUT2D eigenvalue weighted by Crippen LogP contribution is -2.46. The minimum Gasteiger partial charge on any atom is -0.378 e. The molecular weight excluding hydrogens is 226 g/mol. The molecule has 2 aliphatic rings. The van der Waals surface area contributed by atoms with E-state index in [1.165, 1.54) is 0 Å². The van der Waals surface area contributed by atoms with Gasteiger partial charge in [-0.05, 0) is 25.7 Å². The maximum Gasteiger partial charge on any atom is 0.228 e. The van der Waals surface area contributed by atoms with E-state index in [2.05, 4.69) is 6.92 Å². The molecule has 16 heavy (non-hydrogen) atoms. The fourth-order valence-electron chi connectivity index (χ4n) is 2.56. The number of alkyl halides is 1. The van der Waals surface area contributed by atoms with Gasteiger partial charge in [-0.3, -0.25) is 4.79 Å². The predicted molar refractivity (Wildman–Crippen MR) is 63.5 cm³/mol. The zero-order valence-corrected chi connectivity index (χ0v) is 10.7. The highest BCUT2D eigenvalue weighted by molar-refractivity contribution is 6.20. The zero-order valence-electron chi connectivity index (χ0n) is 9.99. The van der Waals surface area contributed by atoms with Crippen molar-refractivity contribution in [2.45, 2.75) is 38.2 Å². The quantitative estimate of drug-likeness (QED) is 0.661. The fraction of sp³-hybridized carbons (Fsp3) is 0.917. The Labute approximate surface area is 102 Å². The van der Waals surface area contributed by atoms with E-state index in [-0.39, 0.29) is 23.3 Å². The molecule has 0 aromatic rings. The van der Waals surface area contributed by atoms with E-state index in [1.54, 1.807) is 0 Å². The number of halogens is 1. The second-order valence-corrected chi connectivity index (χ2v) is 5.70. The van der Waals surface area contributed by atoms with Gasteiger partial charge in [-0.2, -0.15) is 0 Å². The summed E-state index contributed by atoms with van der Waals surface area (Å²) in [6.45, 7) is 6.35. The van der Waals surface area contributed by atoms with Crippen molar-refractivity contribution < 1.29 is 9.53 Å². The van der Waals surface area contributed by atoms with Crippen LogP contribution in [0, 0.1) is 11.8 Å². The van der Waals surface area contributed by atoms with E-state index >= 15 is 0 Å². The maximum absolute atomic E-state index is 12.2. The van der Waals surface area contributed by atoms with Crippen LogP contribution in [-0.2, 0) is 9.53 Å². The van der Waals surface area contributed by atoms with Crippen molar-refractivity contribution in [3.05, 3.63) is 0 Å². The van der Waals surface area contributed by atoms with Crippen molar-refractivity contribution in [2.24, 2.45) is 11.8 Å². The lowest BCUT2D eigenvalue weighted by Gasteiger charge is -2.35. The van der Waals surface area contributed by atoms with Gasteiger partial charge < -0.3 is 9.64 Å². The molecule has 2 fully saturated rings. The summed E-state index contributed by atoms with van der Waals surface area (Å²) in [5, 5.41) is 0.225. The average molecular weight is 246 g/mol. The molecule has 2 heterocycles. The van der Waals surface area contributed by atoms with Crippen LogP contribution in [0.15, 0.2) is 0 Å². The van der Waals surface area contributed by atoms with Gasteiger partial charge in [0.25, 0.3) is 0 Å². The molecule has 0 spiro atoms. The van der Waals surface area contributed by atoms with Gasteiger partial charge in [-0.1, -0.05) is 6.92 Å². The Balaban J connectivity index is 1.90. The van der Waals surface area contributed by atoms with Crippen molar-refractivity contribution in [1.82, 2.24) is 4.90 Å². The Kier molecular flexibility index (Phi) is 3.75. The summed E-state index contributed by atoms with van der Waals surface area (Å²) in [4.78, 5) is 14.2. The lowest BCUT2D eigenvalue weighted by atomic mass is 9.97. The number of amides is 1. The van der Waals surface area contributed by atoms with Crippen LogP contribution in [-0.4, -0.2) is 42.0 Å². The van der Waals surface area contributed by atoms with Crippen LogP contribution >= 0.6 is 11.6 Å². The molecule has 0 saturated carbocycles. The summed E-state index contributed by atoms with van der Waals surface area (Å²) in [7, 11) is 0. The number of hydrogen-bond acceptors (Lipinski definition) is 2. The third-order valence-electron chi connectivity index (χ3n) is 3.66. The highest BCUT2D eigenvalue weighted by atomic mass is 35.5. The first-order chi connectivity index (χ1) is 7.58. The molecule has 0 bridgehead atoms. The maximum atomic E-state index is 12.2. The summed E-state index contributed by atoms with van der Waals surface area (Å²) < 4.78 is 5.45. The topological polar surface area (TPSA) is 29.5 Å². The minimum atomic E-state index is 0.0778. The summed E-state index contributed by atoms with van der Waals surface area (Å²) in [6.07, 6.45) is 2.02. The second kappa shape index (κ2) is 4.92. The molecule has 2 saturated heterocycles. The number of carbonyl (C=O) groups is 1. The van der Waals surface area contributed by atoms with Crippen LogP contribution in [0.3, 0.4) is 0 Å². The normalized spacial score (nSPS) is 40.1. The molecule has 0 aliphatic carbocycles. The molecule has 2 aliphatic heterocycles. The number of likely N-dealkylation sites (tertiary alicyclic amines) is 1. The molecule has 2 rings (SSSR count). The van der Waals surface area contributed by atoms with E-state index < -0.39 is 0 Å². The molecule has 0 N–H and O–H groups in total. The Bertz CT molecular complexity index is 272. The van der Waals surface area contributed by atoms with E-state index in [0.29, 0.717) is 12.5 Å². The highest BCUT2D eigenvalue weighted by Gasteiger charge is 2.34. The number of carbonyl (C=O) groups excluding carboxylic acids is 1. The molecule has 1 amide bonds. The van der Waals surface area contributed by atoms with E-state index in [4.69, 9.17) is 16.3 Å². The summed E-state index contributed by atoms with van der Waals surface area (Å²) >= 11 is 6.16. The van der Waals surface area contributed by atoms with Gasteiger partial charge >= 0.3 is 0 Å². The first-order valence-corrected chi connectivity index (χ1v) is 6.56. The van der Waals surface area contributed by atoms with Crippen LogP contribution < -0.4 is 0 Å². The Morgan fingerprint density at radius 1 is 1.44 bits per heavy atom. The summed E-state index contributed by atoms with van der Waals surface area (Å²) in [5.74, 6) is 0.743. The fourth-order valence-corrected chi connectivity index (χ4v) is 2.74. The highest BCUT2D eigenvalue weighted by Crippen LogP contribution is 2.26. The number of rotatable bonds is 1. The predicted octanol–water partition coefficient (Wildman–Crippen LogP) is 1.89. The van der Waals surface area contributed by atoms with E-state index in [0.717, 1.165) is 25.9 Å². The largest absolute Gasteiger partial charge is 0.378 e. The molecule has 4 atom stereocenters. The van der Waals surface area contributed by atoms with Gasteiger partial charge in [0, 0.05) is 18.5 Å². The van der Waals surface area contributed by atoms with Crippen molar-refractivity contribution in [1.29, 1.82) is 0 Å². The van der Waals surface area contributed by atoms with Gasteiger partial charge in [-0.15, -0.1) is 11.6 Å². The molecule has 0 aromatic heterocycles. The number of hydrogen-bond donors (Lipinski definition) is 0. The van der Waals surface area contributed by atoms with E-state index in [1.807, 2.05) is 11.8 Å². The minimum absolute atomic E-state index is 0.0778. The third kappa shape index (κ3) is 2.51. The van der Waals surface area contributed by atoms with Crippen LogP contribution in [0.5, 0.6) is 0 Å². The van der Waals surface area contributed by atoms with Gasteiger partial charge in [0.2, 0.25) is 5.91 Å². The smallest absolute Gasteiger partial charge is 0.228 e. The van der Waals surface area contributed by atoms with Crippen LogP contribution in [0.25, 0.3) is 0 Å². The molecule has 3 nitrogen and oxygen atoms in total. The summed E-state index contributed by atoms with van der Waals surface area (Å²) in [5.41, 5.74) is 0. The molecule has 4 heteroatoms. The van der Waals surface area contributed by atoms with Crippen molar-refractivity contribution in [3.8, 4) is 0 Å². The molecular formula is C12H20ClNO2. The van der Waals surface area contributed by atoms with Gasteiger partial charge in [-0.25, -0.2) is 0 Å². The van der Waals surface area contributed by atoms with Crippen LogP contribution in [0.2, 0.25) is 0 Å². The Morgan fingerprint density at radius 2 is 2.19 bits per heavy atom. The molecule has 4 unspecified atom stereocenters.